The van der Waals surface area contributed by atoms with Gasteiger partial charge in [0.2, 0.25) is 0 Å². The van der Waals surface area contributed by atoms with Crippen molar-refractivity contribution in [3.63, 3.8) is 0 Å². The number of carboxylic acid groups (broad SMARTS) is 1. The second-order valence-corrected chi connectivity index (χ2v) is 9.59. The van der Waals surface area contributed by atoms with Gasteiger partial charge < -0.3 is 20.3 Å². The van der Waals surface area contributed by atoms with Crippen LogP contribution < -0.4 is 10.5 Å². The largest absolute Gasteiger partial charge is 0.487 e. The lowest BCUT2D eigenvalue weighted by molar-refractivity contribution is -0.136. The van der Waals surface area contributed by atoms with Crippen LogP contribution in [0.5, 0.6) is 5.75 Å². The number of para-hydroxylation sites is 1. The van der Waals surface area contributed by atoms with Gasteiger partial charge in [-0.1, -0.05) is 36.4 Å². The van der Waals surface area contributed by atoms with Crippen molar-refractivity contribution in [2.24, 2.45) is 0 Å². The fourth-order valence-electron chi connectivity index (χ4n) is 5.16. The lowest BCUT2D eigenvalue weighted by atomic mass is 10.00. The molecule has 5 aromatic rings. The van der Waals surface area contributed by atoms with Gasteiger partial charge in [0.05, 0.1) is 24.6 Å². The van der Waals surface area contributed by atoms with Crippen LogP contribution in [0, 0.1) is 0 Å². The summed E-state index contributed by atoms with van der Waals surface area (Å²) in [6.45, 7) is 1.61. The number of fused-ring (bicyclic) bond motifs is 2. The van der Waals surface area contributed by atoms with Crippen LogP contribution >= 0.6 is 0 Å². The molecule has 0 aliphatic carbocycles. The molecule has 3 N–H and O–H groups in total. The van der Waals surface area contributed by atoms with Gasteiger partial charge in [0.25, 0.3) is 0 Å². The van der Waals surface area contributed by atoms with E-state index in [4.69, 9.17) is 20.3 Å². The average molecular weight is 509 g/mol. The van der Waals surface area contributed by atoms with Crippen molar-refractivity contribution in [1.82, 2.24) is 14.8 Å². The standard InChI is InChI=1S/C30H28N4O4/c31-30-24-14-20(8-7-19(24)11-12-32-30)21-9-10-27-25(15-21)26(33-34(27)23-5-3-13-37-17-23)18-38-28-6-2-1-4-22(28)16-29(35)36/h1-2,4,6-12,14-15,23H,3,5,13,16-18H2,(H2,31,32)(H,35,36). The van der Waals surface area contributed by atoms with Gasteiger partial charge in [0.15, 0.2) is 0 Å². The SMILES string of the molecule is Nc1nccc2ccc(-c3ccc4c(c3)c(COc3ccccc3CC(=O)O)nn4C3CCCOC3)cc12. The molecule has 1 aliphatic rings. The monoisotopic (exact) mass is 508 g/mol. The Labute approximate surface area is 219 Å². The minimum Gasteiger partial charge on any atom is -0.487 e. The number of carbonyl (C=O) groups is 1. The first-order chi connectivity index (χ1) is 18.6. The molecule has 0 radical (unpaired) electrons. The smallest absolute Gasteiger partial charge is 0.307 e. The maximum absolute atomic E-state index is 11.3. The second kappa shape index (κ2) is 10.1. The maximum Gasteiger partial charge on any atom is 0.307 e. The van der Waals surface area contributed by atoms with E-state index in [9.17, 15) is 9.90 Å². The van der Waals surface area contributed by atoms with E-state index in [2.05, 4.69) is 46.1 Å². The van der Waals surface area contributed by atoms with E-state index < -0.39 is 5.97 Å². The number of hydrogen-bond acceptors (Lipinski definition) is 6. The van der Waals surface area contributed by atoms with Crippen molar-refractivity contribution >= 4 is 33.5 Å². The van der Waals surface area contributed by atoms with Crippen molar-refractivity contribution in [3.8, 4) is 16.9 Å². The first-order valence-corrected chi connectivity index (χ1v) is 12.7. The van der Waals surface area contributed by atoms with Gasteiger partial charge in [-0.05, 0) is 59.7 Å². The molecule has 1 fully saturated rings. The lowest BCUT2D eigenvalue weighted by Crippen LogP contribution is -2.22. The molecular formula is C30H28N4O4. The fourth-order valence-corrected chi connectivity index (χ4v) is 5.16. The molecule has 1 unspecified atom stereocenters. The van der Waals surface area contributed by atoms with E-state index in [1.54, 1.807) is 18.3 Å². The number of nitrogens with zero attached hydrogens (tertiary/aromatic N) is 3. The number of aromatic nitrogens is 3. The number of pyridine rings is 1. The predicted molar refractivity (Wildman–Crippen MR) is 146 cm³/mol. The number of rotatable bonds is 7. The van der Waals surface area contributed by atoms with E-state index in [0.717, 1.165) is 57.9 Å². The first-order valence-electron chi connectivity index (χ1n) is 12.7. The Morgan fingerprint density at radius 3 is 2.71 bits per heavy atom. The van der Waals surface area contributed by atoms with Gasteiger partial charge in [0, 0.05) is 29.1 Å². The minimum absolute atomic E-state index is 0.102. The van der Waals surface area contributed by atoms with E-state index in [1.165, 1.54) is 0 Å². The van der Waals surface area contributed by atoms with Crippen molar-refractivity contribution < 1.29 is 19.4 Å². The summed E-state index contributed by atoms with van der Waals surface area (Å²) in [4.78, 5) is 15.6. The highest BCUT2D eigenvalue weighted by Crippen LogP contribution is 2.33. The molecule has 0 amide bonds. The zero-order valence-electron chi connectivity index (χ0n) is 20.8. The number of carboxylic acids is 1. The zero-order valence-corrected chi connectivity index (χ0v) is 20.8. The third-order valence-corrected chi connectivity index (χ3v) is 7.07. The molecule has 8 nitrogen and oxygen atoms in total. The lowest BCUT2D eigenvalue weighted by Gasteiger charge is -2.23. The average Bonchev–Trinajstić information content (AvgIpc) is 3.31. The Hall–Kier alpha value is -4.43. The molecule has 1 atom stereocenters. The number of ether oxygens (including phenoxy) is 2. The Morgan fingerprint density at radius 1 is 1.08 bits per heavy atom. The number of hydrogen-bond donors (Lipinski definition) is 2. The first kappa shape index (κ1) is 23.9. The predicted octanol–water partition coefficient (Wildman–Crippen LogP) is 5.39. The molecule has 3 heterocycles. The van der Waals surface area contributed by atoms with Crippen LogP contribution in [-0.4, -0.2) is 39.1 Å². The van der Waals surface area contributed by atoms with Gasteiger partial charge in [0.1, 0.15) is 23.9 Å². The van der Waals surface area contributed by atoms with Crippen LogP contribution in [0.2, 0.25) is 0 Å². The molecule has 192 valence electrons. The summed E-state index contributed by atoms with van der Waals surface area (Å²) in [7, 11) is 0. The molecule has 0 saturated carbocycles. The van der Waals surface area contributed by atoms with E-state index >= 15 is 0 Å². The second-order valence-electron chi connectivity index (χ2n) is 9.59. The number of anilines is 1. The summed E-state index contributed by atoms with van der Waals surface area (Å²) in [6, 6.07) is 21.9. The summed E-state index contributed by atoms with van der Waals surface area (Å²) in [5, 5.41) is 17.2. The number of nitrogens with two attached hydrogens (primary N) is 1. The molecule has 0 spiro atoms. The summed E-state index contributed by atoms with van der Waals surface area (Å²) in [5.41, 5.74) is 10.7. The number of benzene rings is 3. The summed E-state index contributed by atoms with van der Waals surface area (Å²) >= 11 is 0. The fraction of sp³-hybridized carbons (Fsp3) is 0.233. The highest BCUT2D eigenvalue weighted by Gasteiger charge is 2.22. The van der Waals surface area contributed by atoms with Gasteiger partial charge in [-0.15, -0.1) is 0 Å². The Kier molecular flexibility index (Phi) is 6.39. The summed E-state index contributed by atoms with van der Waals surface area (Å²) in [6.07, 6.45) is 3.60. The molecule has 0 bridgehead atoms. The number of nitrogen functional groups attached to an aromatic ring is 1. The third-order valence-electron chi connectivity index (χ3n) is 7.07. The number of aliphatic carboxylic acids is 1. The Balaban J connectivity index is 1.40. The van der Waals surface area contributed by atoms with Crippen LogP contribution in [-0.2, 0) is 22.6 Å². The summed E-state index contributed by atoms with van der Waals surface area (Å²) < 4.78 is 14.0. The molecule has 1 aliphatic heterocycles. The summed E-state index contributed by atoms with van der Waals surface area (Å²) in [5.74, 6) is 0.154. The molecule has 2 aromatic heterocycles. The van der Waals surface area contributed by atoms with Crippen LogP contribution in [0.25, 0.3) is 32.8 Å². The van der Waals surface area contributed by atoms with Crippen molar-refractivity contribution in [3.05, 3.63) is 84.2 Å². The van der Waals surface area contributed by atoms with Gasteiger partial charge in [-0.2, -0.15) is 5.10 Å². The molecule has 38 heavy (non-hydrogen) atoms. The van der Waals surface area contributed by atoms with Gasteiger partial charge in [-0.25, -0.2) is 4.98 Å². The van der Waals surface area contributed by atoms with Gasteiger partial charge in [-0.3, -0.25) is 9.48 Å². The van der Waals surface area contributed by atoms with Crippen molar-refractivity contribution in [2.45, 2.75) is 31.9 Å². The maximum atomic E-state index is 11.3. The van der Waals surface area contributed by atoms with Crippen molar-refractivity contribution in [2.75, 3.05) is 18.9 Å². The molecule has 3 aromatic carbocycles. The zero-order chi connectivity index (χ0) is 26.1. The highest BCUT2D eigenvalue weighted by atomic mass is 16.5. The highest BCUT2D eigenvalue weighted by molar-refractivity contribution is 5.95. The quantitative estimate of drug-likeness (QED) is 0.303. The molecular weight excluding hydrogens is 480 g/mol. The third kappa shape index (κ3) is 4.66. The Bertz CT molecular complexity index is 1640. The van der Waals surface area contributed by atoms with Crippen molar-refractivity contribution in [1.29, 1.82) is 0 Å². The topological polar surface area (TPSA) is 112 Å². The van der Waals surface area contributed by atoms with Crippen LogP contribution in [0.4, 0.5) is 5.82 Å². The van der Waals surface area contributed by atoms with Crippen LogP contribution in [0.3, 0.4) is 0 Å². The van der Waals surface area contributed by atoms with E-state index in [0.29, 0.717) is 23.7 Å². The molecule has 1 saturated heterocycles. The molecule has 8 heteroatoms. The minimum atomic E-state index is -0.899. The van der Waals surface area contributed by atoms with Gasteiger partial charge >= 0.3 is 5.97 Å². The van der Waals surface area contributed by atoms with E-state index in [-0.39, 0.29) is 19.1 Å². The van der Waals surface area contributed by atoms with Crippen LogP contribution in [0.15, 0.2) is 72.9 Å². The Morgan fingerprint density at radius 2 is 1.89 bits per heavy atom. The van der Waals surface area contributed by atoms with Crippen LogP contribution in [0.1, 0.15) is 30.1 Å². The molecule has 6 rings (SSSR count). The van der Waals surface area contributed by atoms with E-state index in [1.807, 2.05) is 18.2 Å². The normalized spacial score (nSPS) is 15.6.